The number of halogens is 1. The van der Waals surface area contributed by atoms with Gasteiger partial charge < -0.3 is 10.5 Å². The normalized spacial score (nSPS) is 12.5. The first kappa shape index (κ1) is 14.7. The molecule has 1 aromatic rings. The highest BCUT2D eigenvalue weighted by atomic mass is 79.9. The lowest BCUT2D eigenvalue weighted by Crippen LogP contribution is -2.08. The number of carbonyl (C=O) groups is 1. The van der Waals surface area contributed by atoms with Crippen molar-refractivity contribution in [2.45, 2.75) is 38.6 Å². The minimum absolute atomic E-state index is 0.0719. The van der Waals surface area contributed by atoms with Crippen LogP contribution in [0.25, 0.3) is 0 Å². The van der Waals surface area contributed by atoms with Gasteiger partial charge >= 0.3 is 5.97 Å². The Morgan fingerprint density at radius 2 is 2.29 bits per heavy atom. The Hall–Kier alpha value is -0.390. The van der Waals surface area contributed by atoms with Gasteiger partial charge in [-0.25, -0.2) is 0 Å². The second-order valence-corrected chi connectivity index (χ2v) is 6.12. The fourth-order valence-electron chi connectivity index (χ4n) is 1.54. The molecule has 0 aromatic carbocycles. The summed E-state index contributed by atoms with van der Waals surface area (Å²) in [5, 5.41) is 0. The summed E-state index contributed by atoms with van der Waals surface area (Å²) in [4.78, 5) is 13.4. The zero-order valence-electron chi connectivity index (χ0n) is 10.2. The van der Waals surface area contributed by atoms with E-state index >= 15 is 0 Å². The highest BCUT2D eigenvalue weighted by Gasteiger charge is 2.11. The van der Waals surface area contributed by atoms with E-state index < -0.39 is 0 Å². The van der Waals surface area contributed by atoms with Crippen LogP contribution in [0.5, 0.6) is 0 Å². The number of methoxy groups -OCH3 is 1. The third-order valence-electron chi connectivity index (χ3n) is 2.62. The zero-order valence-corrected chi connectivity index (χ0v) is 12.6. The van der Waals surface area contributed by atoms with Crippen molar-refractivity contribution < 1.29 is 9.53 Å². The van der Waals surface area contributed by atoms with Crippen LogP contribution < -0.4 is 5.73 Å². The van der Waals surface area contributed by atoms with Gasteiger partial charge in [-0.1, -0.05) is 6.42 Å². The van der Waals surface area contributed by atoms with E-state index in [1.165, 1.54) is 16.9 Å². The Labute approximate surface area is 114 Å². The molecule has 0 radical (unpaired) electrons. The number of esters is 1. The quantitative estimate of drug-likeness (QED) is 0.644. The van der Waals surface area contributed by atoms with Crippen molar-refractivity contribution >= 4 is 33.2 Å². The molecule has 0 fully saturated rings. The van der Waals surface area contributed by atoms with E-state index in [2.05, 4.69) is 33.7 Å². The first-order chi connectivity index (χ1) is 8.04. The first-order valence-corrected chi connectivity index (χ1v) is 7.23. The smallest absolute Gasteiger partial charge is 0.305 e. The van der Waals surface area contributed by atoms with Gasteiger partial charge in [-0.15, -0.1) is 11.3 Å². The van der Waals surface area contributed by atoms with Crippen LogP contribution in [-0.4, -0.2) is 13.1 Å². The summed E-state index contributed by atoms with van der Waals surface area (Å²) in [6, 6.07) is 2.16. The van der Waals surface area contributed by atoms with Gasteiger partial charge in [-0.3, -0.25) is 4.79 Å². The average Bonchev–Trinajstić information content (AvgIpc) is 2.64. The number of unbranched alkanes of at least 4 members (excludes halogenated alkanes) is 1. The molecule has 0 aliphatic heterocycles. The Kier molecular flexibility index (Phi) is 6.16. The Bertz CT molecular complexity index is 359. The average molecular weight is 320 g/mol. The van der Waals surface area contributed by atoms with Gasteiger partial charge in [-0.2, -0.15) is 0 Å². The summed E-state index contributed by atoms with van der Waals surface area (Å²) in [5.41, 5.74) is 6.10. The first-order valence-electron chi connectivity index (χ1n) is 5.62. The van der Waals surface area contributed by atoms with Crippen LogP contribution in [-0.2, 0) is 9.53 Å². The molecule has 0 amide bonds. The summed E-state index contributed by atoms with van der Waals surface area (Å²) in [6.07, 6.45) is 3.18. The third kappa shape index (κ3) is 4.77. The monoisotopic (exact) mass is 319 g/mol. The molecule has 1 heterocycles. The van der Waals surface area contributed by atoms with Crippen LogP contribution in [0.1, 0.15) is 41.5 Å². The Morgan fingerprint density at radius 1 is 1.59 bits per heavy atom. The van der Waals surface area contributed by atoms with Gasteiger partial charge in [0.15, 0.2) is 0 Å². The summed E-state index contributed by atoms with van der Waals surface area (Å²) >= 11 is 5.22. The summed E-state index contributed by atoms with van der Waals surface area (Å²) in [5.74, 6) is -0.145. The lowest BCUT2D eigenvalue weighted by molar-refractivity contribution is -0.140. The number of ether oxygens (including phenoxy) is 1. The topological polar surface area (TPSA) is 52.3 Å². The molecule has 0 saturated carbocycles. The van der Waals surface area contributed by atoms with Crippen molar-refractivity contribution in [3.05, 3.63) is 20.3 Å². The van der Waals surface area contributed by atoms with Crippen LogP contribution in [0.3, 0.4) is 0 Å². The van der Waals surface area contributed by atoms with Gasteiger partial charge in [0, 0.05) is 26.7 Å². The Morgan fingerprint density at radius 3 is 2.82 bits per heavy atom. The summed E-state index contributed by atoms with van der Waals surface area (Å²) in [7, 11) is 1.42. The lowest BCUT2D eigenvalue weighted by Gasteiger charge is -2.08. The number of thiophene rings is 1. The van der Waals surface area contributed by atoms with Crippen molar-refractivity contribution in [1.29, 1.82) is 0 Å². The molecule has 3 nitrogen and oxygen atoms in total. The third-order valence-corrected chi connectivity index (χ3v) is 4.88. The van der Waals surface area contributed by atoms with Crippen molar-refractivity contribution in [1.82, 2.24) is 0 Å². The summed E-state index contributed by atoms with van der Waals surface area (Å²) in [6.45, 7) is 2.07. The molecule has 0 aliphatic carbocycles. The number of hydrogen-bond donors (Lipinski definition) is 1. The number of rotatable bonds is 6. The lowest BCUT2D eigenvalue weighted by atomic mass is 10.1. The van der Waals surface area contributed by atoms with Gasteiger partial charge in [0.05, 0.1) is 7.11 Å². The number of aryl methyl sites for hydroxylation is 1. The van der Waals surface area contributed by atoms with Crippen molar-refractivity contribution in [3.63, 3.8) is 0 Å². The molecule has 17 heavy (non-hydrogen) atoms. The van der Waals surface area contributed by atoms with Crippen LogP contribution in [0.2, 0.25) is 0 Å². The largest absolute Gasteiger partial charge is 0.469 e. The molecule has 0 saturated heterocycles. The van der Waals surface area contributed by atoms with Gasteiger partial charge in [0.25, 0.3) is 0 Å². The van der Waals surface area contributed by atoms with Crippen LogP contribution >= 0.6 is 27.3 Å². The van der Waals surface area contributed by atoms with Gasteiger partial charge in [0.1, 0.15) is 0 Å². The van der Waals surface area contributed by atoms with E-state index in [1.54, 1.807) is 11.3 Å². The predicted molar refractivity (Wildman–Crippen MR) is 74.2 cm³/mol. The van der Waals surface area contributed by atoms with Crippen molar-refractivity contribution in [2.75, 3.05) is 7.11 Å². The molecule has 1 unspecified atom stereocenters. The number of nitrogens with two attached hydrogens (primary N) is 1. The van der Waals surface area contributed by atoms with E-state index in [-0.39, 0.29) is 12.0 Å². The minimum Gasteiger partial charge on any atom is -0.469 e. The molecule has 1 rings (SSSR count). The zero-order chi connectivity index (χ0) is 12.8. The summed E-state index contributed by atoms with van der Waals surface area (Å²) < 4.78 is 5.71. The van der Waals surface area contributed by atoms with E-state index in [1.807, 2.05) is 0 Å². The van der Waals surface area contributed by atoms with Crippen molar-refractivity contribution in [2.24, 2.45) is 5.73 Å². The molecule has 0 spiro atoms. The highest BCUT2D eigenvalue weighted by Crippen LogP contribution is 2.31. The number of carbonyl (C=O) groups excluding carboxylic acids is 1. The molecule has 2 N–H and O–H groups in total. The van der Waals surface area contributed by atoms with Crippen molar-refractivity contribution in [3.8, 4) is 0 Å². The maximum absolute atomic E-state index is 10.9. The van der Waals surface area contributed by atoms with E-state index in [0.717, 1.165) is 23.7 Å². The highest BCUT2D eigenvalue weighted by molar-refractivity contribution is 9.10. The molecule has 5 heteroatoms. The Balaban J connectivity index is 2.30. The molecule has 1 aromatic heterocycles. The predicted octanol–water partition coefficient (Wildman–Crippen LogP) is 3.55. The fraction of sp³-hybridized carbons (Fsp3) is 0.583. The maximum Gasteiger partial charge on any atom is 0.305 e. The van der Waals surface area contributed by atoms with E-state index in [9.17, 15) is 4.79 Å². The van der Waals surface area contributed by atoms with Gasteiger partial charge in [-0.05, 0) is 41.8 Å². The van der Waals surface area contributed by atoms with Crippen LogP contribution in [0, 0.1) is 6.92 Å². The van der Waals surface area contributed by atoms with Crippen LogP contribution in [0.15, 0.2) is 10.5 Å². The fourth-order valence-corrected chi connectivity index (χ4v) is 3.14. The second-order valence-electron chi connectivity index (χ2n) is 3.98. The molecular formula is C12H18BrNO2S. The van der Waals surface area contributed by atoms with E-state index in [0.29, 0.717) is 6.42 Å². The minimum atomic E-state index is -0.145. The van der Waals surface area contributed by atoms with Gasteiger partial charge in [0.2, 0.25) is 0 Å². The standard InChI is InChI=1S/C12H18BrNO2S/c1-8-9(13)7-11(17-8)10(14)5-3-4-6-12(15)16-2/h7,10H,3-6,14H2,1-2H3. The number of hydrogen-bond acceptors (Lipinski definition) is 4. The van der Waals surface area contributed by atoms with Crippen LogP contribution in [0.4, 0.5) is 0 Å². The van der Waals surface area contributed by atoms with E-state index in [4.69, 9.17) is 5.73 Å². The molecule has 96 valence electrons. The SMILES string of the molecule is COC(=O)CCCCC(N)c1cc(Br)c(C)s1. The molecule has 0 bridgehead atoms. The second kappa shape index (κ2) is 7.13. The molecular weight excluding hydrogens is 302 g/mol. The molecule has 0 aliphatic rings. The molecule has 1 atom stereocenters. The maximum atomic E-state index is 10.9.